The maximum Gasteiger partial charge on any atom is 0.186 e. The second-order valence-corrected chi connectivity index (χ2v) is 9.25. The summed E-state index contributed by atoms with van der Waals surface area (Å²) < 4.78 is 33.7. The van der Waals surface area contributed by atoms with E-state index >= 15 is 0 Å². The highest BCUT2D eigenvalue weighted by Gasteiger charge is 2.47. The van der Waals surface area contributed by atoms with Crippen LogP contribution in [-0.4, -0.2) is 142 Å². The van der Waals surface area contributed by atoms with E-state index in [-0.39, 0.29) is 26.1 Å². The van der Waals surface area contributed by atoms with Crippen molar-refractivity contribution in [2.24, 2.45) is 5.92 Å². The fraction of sp³-hybridized carbons (Fsp3) is 0.955. The van der Waals surface area contributed by atoms with Gasteiger partial charge >= 0.3 is 0 Å². The third-order valence-electron chi connectivity index (χ3n) is 6.53. The molecule has 210 valence electrons. The third-order valence-corrected chi connectivity index (χ3v) is 6.53. The third kappa shape index (κ3) is 6.96. The number of hydrogen-bond acceptors (Lipinski definition) is 14. The maximum absolute atomic E-state index is 11.3. The van der Waals surface area contributed by atoms with Crippen molar-refractivity contribution in [3.8, 4) is 0 Å². The van der Waals surface area contributed by atoms with Crippen molar-refractivity contribution in [3.05, 3.63) is 0 Å². The minimum Gasteiger partial charge on any atom is -0.394 e. The molecular formula is C22H38O14. The van der Waals surface area contributed by atoms with Crippen LogP contribution >= 0.6 is 0 Å². The zero-order valence-corrected chi connectivity index (χ0v) is 20.0. The van der Waals surface area contributed by atoms with E-state index < -0.39 is 92.9 Å². The summed E-state index contributed by atoms with van der Waals surface area (Å²) in [6.45, 7) is 0.919. The topological polar surface area (TPSA) is 214 Å². The van der Waals surface area contributed by atoms with E-state index in [9.17, 15) is 40.5 Å². The normalized spacial score (nSPS) is 45.9. The number of aliphatic hydroxyl groups is 7. The van der Waals surface area contributed by atoms with Gasteiger partial charge in [0.1, 0.15) is 30.7 Å². The summed E-state index contributed by atoms with van der Waals surface area (Å²) in [4.78, 5) is 11.3. The second kappa shape index (κ2) is 13.8. The standard InChI is InChI=1S/C22H38O14/c1-2-3-31-21-19(30)14(35-22-18(29)13(26)4-10(6-23)33-22)5-11(34-21)9-32-20-17(28)12(7-24)16(27)15(8-25)36-20/h7,10-23,25-30H,2-6,8-9H2,1H3/t10-,11-,12-,13-,14-,15+,16-,17-,18-,19-,20-,21-,22+/m0/s1. The van der Waals surface area contributed by atoms with Crippen LogP contribution in [0.25, 0.3) is 0 Å². The molecule has 0 radical (unpaired) electrons. The van der Waals surface area contributed by atoms with Gasteiger partial charge in [0.2, 0.25) is 0 Å². The van der Waals surface area contributed by atoms with E-state index in [1.807, 2.05) is 6.92 Å². The van der Waals surface area contributed by atoms with E-state index in [4.69, 9.17) is 28.4 Å². The molecule has 3 fully saturated rings. The first-order chi connectivity index (χ1) is 17.2. The second-order valence-electron chi connectivity index (χ2n) is 9.25. The molecule has 0 amide bonds. The minimum absolute atomic E-state index is 0.0155. The molecule has 14 nitrogen and oxygen atoms in total. The van der Waals surface area contributed by atoms with Gasteiger partial charge in [-0.05, 0) is 6.42 Å². The summed E-state index contributed by atoms with van der Waals surface area (Å²) >= 11 is 0. The lowest BCUT2D eigenvalue weighted by atomic mass is 9.90. The Hall–Kier alpha value is -0.850. The Bertz CT molecular complexity index is 669. The molecule has 0 aromatic heterocycles. The van der Waals surface area contributed by atoms with Crippen molar-refractivity contribution >= 4 is 6.29 Å². The molecule has 0 saturated carbocycles. The van der Waals surface area contributed by atoms with Crippen molar-refractivity contribution in [1.29, 1.82) is 0 Å². The van der Waals surface area contributed by atoms with E-state index in [1.165, 1.54) is 0 Å². The average Bonchev–Trinajstić information content (AvgIpc) is 2.87. The van der Waals surface area contributed by atoms with Gasteiger partial charge in [-0.25, -0.2) is 0 Å². The van der Waals surface area contributed by atoms with Gasteiger partial charge in [-0.15, -0.1) is 0 Å². The molecule has 13 atom stereocenters. The molecule has 0 bridgehead atoms. The van der Waals surface area contributed by atoms with E-state index in [0.29, 0.717) is 12.7 Å². The van der Waals surface area contributed by atoms with Crippen LogP contribution in [0.2, 0.25) is 0 Å². The molecule has 3 rings (SSSR count). The summed E-state index contributed by atoms with van der Waals surface area (Å²) in [5, 5.41) is 70.4. The highest BCUT2D eigenvalue weighted by molar-refractivity contribution is 5.56. The molecule has 0 aromatic carbocycles. The van der Waals surface area contributed by atoms with Crippen LogP contribution in [0.5, 0.6) is 0 Å². The number of ether oxygens (including phenoxy) is 6. The summed E-state index contributed by atoms with van der Waals surface area (Å²) in [5.41, 5.74) is 0. The van der Waals surface area contributed by atoms with Crippen LogP contribution in [0, 0.1) is 5.92 Å². The van der Waals surface area contributed by atoms with Gasteiger partial charge in [0.15, 0.2) is 18.9 Å². The largest absolute Gasteiger partial charge is 0.394 e. The fourth-order valence-electron chi connectivity index (χ4n) is 4.45. The van der Waals surface area contributed by atoms with Crippen LogP contribution in [-0.2, 0) is 33.2 Å². The van der Waals surface area contributed by atoms with Crippen LogP contribution in [0.3, 0.4) is 0 Å². The Morgan fingerprint density at radius 3 is 2.14 bits per heavy atom. The molecule has 7 N–H and O–H groups in total. The molecule has 14 heteroatoms. The van der Waals surface area contributed by atoms with Crippen molar-refractivity contribution in [2.45, 2.75) is 100.0 Å². The number of carbonyl (C=O) groups is 1. The quantitative estimate of drug-likeness (QED) is 0.129. The van der Waals surface area contributed by atoms with E-state index in [0.717, 1.165) is 0 Å². The SMILES string of the molecule is CCCO[C@H]1O[C@H](CO[C@H]2O[C@H](CO)[C@@H](O)[C@H](C=O)[C@@H]2O)C[C@H](O[C@H]2O[C@H](CO)C[C@H](O)[C@@H]2O)[C@@H]1O. The number of rotatable bonds is 11. The van der Waals surface area contributed by atoms with Crippen molar-refractivity contribution in [1.82, 2.24) is 0 Å². The Morgan fingerprint density at radius 2 is 1.50 bits per heavy atom. The van der Waals surface area contributed by atoms with Gasteiger partial charge in [0, 0.05) is 19.4 Å². The van der Waals surface area contributed by atoms with E-state index in [1.54, 1.807) is 0 Å². The number of hydrogen-bond donors (Lipinski definition) is 7. The predicted octanol–water partition coefficient (Wildman–Crippen LogP) is -3.63. The molecule has 3 saturated heterocycles. The molecule has 0 spiro atoms. The smallest absolute Gasteiger partial charge is 0.186 e. The molecule has 0 aromatic rings. The molecule has 3 aliphatic rings. The van der Waals surface area contributed by atoms with Crippen molar-refractivity contribution in [3.63, 3.8) is 0 Å². The lowest BCUT2D eigenvalue weighted by Gasteiger charge is -2.44. The van der Waals surface area contributed by atoms with Gasteiger partial charge in [0.05, 0.1) is 56.3 Å². The molecule has 0 aliphatic carbocycles. The number of aldehydes is 1. The first-order valence-corrected chi connectivity index (χ1v) is 12.2. The first kappa shape index (κ1) is 29.7. The highest BCUT2D eigenvalue weighted by Crippen LogP contribution is 2.31. The van der Waals surface area contributed by atoms with Crippen LogP contribution in [0.1, 0.15) is 26.2 Å². The Labute approximate surface area is 208 Å². The fourth-order valence-corrected chi connectivity index (χ4v) is 4.45. The average molecular weight is 527 g/mol. The summed E-state index contributed by atoms with van der Waals surface area (Å²) in [6.07, 6.45) is -13.3. The van der Waals surface area contributed by atoms with E-state index in [2.05, 4.69) is 0 Å². The van der Waals surface area contributed by atoms with Crippen molar-refractivity contribution < 1.29 is 69.0 Å². The zero-order valence-electron chi connectivity index (χ0n) is 20.0. The summed E-state index contributed by atoms with van der Waals surface area (Å²) in [6, 6.07) is 0. The Kier molecular flexibility index (Phi) is 11.4. The Morgan fingerprint density at radius 1 is 0.806 bits per heavy atom. The number of carbonyl (C=O) groups excluding carboxylic acids is 1. The lowest BCUT2D eigenvalue weighted by Crippen LogP contribution is -2.58. The van der Waals surface area contributed by atoms with Crippen LogP contribution in [0.15, 0.2) is 0 Å². The minimum atomic E-state index is -1.50. The first-order valence-electron chi connectivity index (χ1n) is 12.2. The predicted molar refractivity (Wildman–Crippen MR) is 116 cm³/mol. The van der Waals surface area contributed by atoms with Gasteiger partial charge in [-0.3, -0.25) is 0 Å². The molecule has 3 heterocycles. The summed E-state index contributed by atoms with van der Waals surface area (Å²) in [7, 11) is 0. The van der Waals surface area contributed by atoms with Gasteiger partial charge in [-0.1, -0.05) is 6.92 Å². The summed E-state index contributed by atoms with van der Waals surface area (Å²) in [5.74, 6) is -1.23. The van der Waals surface area contributed by atoms with Crippen molar-refractivity contribution in [2.75, 3.05) is 26.4 Å². The van der Waals surface area contributed by atoms with Gasteiger partial charge in [0.25, 0.3) is 0 Å². The monoisotopic (exact) mass is 526 g/mol. The molecule has 3 aliphatic heterocycles. The lowest BCUT2D eigenvalue weighted by molar-refractivity contribution is -0.337. The highest BCUT2D eigenvalue weighted by atomic mass is 16.7. The van der Waals surface area contributed by atoms with Crippen LogP contribution < -0.4 is 0 Å². The molecule has 0 unspecified atom stereocenters. The van der Waals surface area contributed by atoms with Crippen LogP contribution in [0.4, 0.5) is 0 Å². The van der Waals surface area contributed by atoms with Gasteiger partial charge < -0.3 is 69.0 Å². The van der Waals surface area contributed by atoms with Gasteiger partial charge in [-0.2, -0.15) is 0 Å². The number of aliphatic hydroxyl groups excluding tert-OH is 7. The molecule has 36 heavy (non-hydrogen) atoms. The Balaban J connectivity index is 1.67. The molecular weight excluding hydrogens is 488 g/mol. The zero-order chi connectivity index (χ0) is 26.4. The maximum atomic E-state index is 11.3.